The first-order valence-electron chi connectivity index (χ1n) is 16.3. The topological polar surface area (TPSA) is 159 Å². The number of piperidine rings is 1. The SMILES string of the molecule is CCCC[C@@H](NC(=O)[C@@H](Cc1cn(C(=O)OC)c2ccccc12)NC(=O)[C@H](CC(C)(C)C)NC(=O)N1[C@H](C)CCC[C@@H]1C)C(=O)O.[H-].[Na+]. The molecule has 1 saturated heterocycles. The van der Waals surface area contributed by atoms with Crippen LogP contribution >= 0.6 is 0 Å². The number of carbonyl (C=O) groups is 5. The van der Waals surface area contributed by atoms with Gasteiger partial charge in [-0.3, -0.25) is 14.2 Å². The molecule has 3 rings (SSSR count). The van der Waals surface area contributed by atoms with E-state index in [0.29, 0.717) is 29.3 Å². The first-order valence-corrected chi connectivity index (χ1v) is 16.3. The molecule has 0 saturated carbocycles. The van der Waals surface area contributed by atoms with Crippen molar-refractivity contribution in [3.63, 3.8) is 0 Å². The zero-order chi connectivity index (χ0) is 34.2. The molecule has 2 heterocycles. The minimum Gasteiger partial charge on any atom is -1.00 e. The number of para-hydroxylation sites is 1. The molecule has 4 amide bonds. The largest absolute Gasteiger partial charge is 1.00 e. The van der Waals surface area contributed by atoms with E-state index >= 15 is 0 Å². The number of aliphatic carboxylic acids is 1. The van der Waals surface area contributed by atoms with Crippen LogP contribution < -0.4 is 45.5 Å². The maximum atomic E-state index is 14.0. The van der Waals surface area contributed by atoms with Crippen LogP contribution in [0.25, 0.3) is 10.9 Å². The van der Waals surface area contributed by atoms with E-state index in [-0.39, 0.29) is 67.4 Å². The Morgan fingerprint density at radius 1 is 0.979 bits per heavy atom. The Morgan fingerprint density at radius 3 is 2.15 bits per heavy atom. The summed E-state index contributed by atoms with van der Waals surface area (Å²) in [6.07, 6.45) is 5.53. The van der Waals surface area contributed by atoms with Crippen molar-refractivity contribution in [2.45, 2.75) is 123 Å². The smallest absolute Gasteiger partial charge is 1.00 e. The number of carboxylic acids is 1. The number of fused-ring (bicyclic) bond motifs is 1. The molecule has 1 aliphatic rings. The van der Waals surface area contributed by atoms with Gasteiger partial charge in [0.15, 0.2) is 0 Å². The second-order valence-corrected chi connectivity index (χ2v) is 13.6. The van der Waals surface area contributed by atoms with E-state index in [9.17, 15) is 29.1 Å². The molecule has 1 aliphatic heterocycles. The summed E-state index contributed by atoms with van der Waals surface area (Å²) < 4.78 is 6.26. The molecule has 0 radical (unpaired) electrons. The number of ether oxygens (including phenoxy) is 1. The van der Waals surface area contributed by atoms with Gasteiger partial charge in [-0.2, -0.15) is 0 Å². The second-order valence-electron chi connectivity index (χ2n) is 13.6. The standard InChI is InChI=1S/C34H51N5O7.Na.H/c1-8-9-16-25(31(42)43)35-29(40)26(18-23-20-38(33(45)46-7)28-17-11-10-15-24(23)28)36-30(41)27(19-34(4,5)6)37-32(44)39-21(2)13-12-14-22(39)3;;/h10-11,15,17,20-22,25-27H,8-9,12-14,16,18-19H2,1-7H3,(H,35,40)(H,36,41)(H,37,44)(H,42,43);;/q;+1;-1/t21-,22+,25-,26-,27+;;/m1../s1. The second kappa shape index (κ2) is 17.9. The van der Waals surface area contributed by atoms with E-state index in [1.807, 2.05) is 41.5 Å². The molecule has 0 spiro atoms. The maximum absolute atomic E-state index is 14.0. The van der Waals surface area contributed by atoms with Crippen molar-refractivity contribution in [1.82, 2.24) is 25.4 Å². The van der Waals surface area contributed by atoms with Crippen LogP contribution in [0.1, 0.15) is 93.5 Å². The van der Waals surface area contributed by atoms with Crippen molar-refractivity contribution >= 4 is 40.8 Å². The molecular weight excluding hydrogens is 613 g/mol. The fourth-order valence-electron chi connectivity index (χ4n) is 6.17. The van der Waals surface area contributed by atoms with Crippen LogP contribution in [0.4, 0.5) is 9.59 Å². The molecule has 12 nitrogen and oxygen atoms in total. The summed E-state index contributed by atoms with van der Waals surface area (Å²) in [4.78, 5) is 67.6. The van der Waals surface area contributed by atoms with Gasteiger partial charge in [0.25, 0.3) is 0 Å². The number of benzene rings is 1. The van der Waals surface area contributed by atoms with E-state index in [0.717, 1.165) is 25.7 Å². The van der Waals surface area contributed by atoms with Gasteiger partial charge in [0.1, 0.15) is 18.1 Å². The monoisotopic (exact) mass is 665 g/mol. The van der Waals surface area contributed by atoms with Crippen molar-refractivity contribution < 1.29 is 64.8 Å². The molecule has 1 aromatic carbocycles. The predicted octanol–water partition coefficient (Wildman–Crippen LogP) is 1.94. The summed E-state index contributed by atoms with van der Waals surface area (Å²) in [5.41, 5.74) is 0.785. The average Bonchev–Trinajstić information content (AvgIpc) is 3.35. The molecule has 5 atom stereocenters. The van der Waals surface area contributed by atoms with Gasteiger partial charge in [-0.15, -0.1) is 0 Å². The number of nitrogens with zero attached hydrogens (tertiary/aromatic N) is 2. The van der Waals surface area contributed by atoms with Crippen LogP contribution in [0.5, 0.6) is 0 Å². The van der Waals surface area contributed by atoms with Gasteiger partial charge in [-0.05, 0) is 63.0 Å². The van der Waals surface area contributed by atoms with Crippen LogP contribution in [0.15, 0.2) is 30.5 Å². The number of hydrogen-bond acceptors (Lipinski definition) is 6. The fraction of sp³-hybridized carbons (Fsp3) is 0.618. The normalized spacial score (nSPS) is 18.3. The number of nitrogens with one attached hydrogen (secondary N) is 3. The average molecular weight is 666 g/mol. The summed E-state index contributed by atoms with van der Waals surface area (Å²) >= 11 is 0. The molecule has 47 heavy (non-hydrogen) atoms. The fourth-order valence-corrected chi connectivity index (χ4v) is 6.17. The van der Waals surface area contributed by atoms with Gasteiger partial charge in [0.2, 0.25) is 11.8 Å². The maximum Gasteiger partial charge on any atom is 1.00 e. The van der Waals surface area contributed by atoms with Crippen LogP contribution in [0, 0.1) is 5.41 Å². The third kappa shape index (κ3) is 11.0. The van der Waals surface area contributed by atoms with E-state index in [1.54, 1.807) is 35.4 Å². The van der Waals surface area contributed by atoms with Crippen molar-refractivity contribution in [1.29, 1.82) is 0 Å². The molecule has 4 N–H and O–H groups in total. The minimum atomic E-state index is -1.21. The Morgan fingerprint density at radius 2 is 1.57 bits per heavy atom. The quantitative estimate of drug-likeness (QED) is 0.252. The van der Waals surface area contributed by atoms with Gasteiger partial charge < -0.3 is 32.1 Å². The van der Waals surface area contributed by atoms with E-state index in [4.69, 9.17) is 4.74 Å². The number of aromatic nitrogens is 1. The van der Waals surface area contributed by atoms with E-state index in [2.05, 4.69) is 16.0 Å². The Hall–Kier alpha value is -3.09. The number of carboxylic acid groups (broad SMARTS) is 1. The van der Waals surface area contributed by atoms with Crippen LogP contribution in [-0.4, -0.2) is 81.8 Å². The number of methoxy groups -OCH3 is 1. The Labute approximate surface area is 301 Å². The van der Waals surface area contributed by atoms with Gasteiger partial charge in [0, 0.05) is 30.1 Å². The number of unbranched alkanes of at least 4 members (excludes halogenated alkanes) is 1. The molecular formula is C34H52N5NaO7. The Bertz CT molecular complexity index is 1400. The van der Waals surface area contributed by atoms with Crippen molar-refractivity contribution in [3.8, 4) is 0 Å². The molecule has 2 aromatic rings. The predicted molar refractivity (Wildman–Crippen MR) is 177 cm³/mol. The van der Waals surface area contributed by atoms with Crippen LogP contribution in [0.3, 0.4) is 0 Å². The molecule has 0 aliphatic carbocycles. The van der Waals surface area contributed by atoms with E-state index in [1.165, 1.54) is 11.7 Å². The number of amides is 4. The molecule has 13 heteroatoms. The number of carbonyl (C=O) groups excluding carboxylic acids is 4. The number of likely N-dealkylation sites (tertiary alicyclic amines) is 1. The molecule has 256 valence electrons. The van der Waals surface area contributed by atoms with Crippen molar-refractivity contribution in [3.05, 3.63) is 36.0 Å². The van der Waals surface area contributed by atoms with Crippen molar-refractivity contribution in [2.24, 2.45) is 5.41 Å². The number of urea groups is 1. The zero-order valence-electron chi connectivity index (χ0n) is 30.2. The van der Waals surface area contributed by atoms with E-state index < -0.39 is 42.0 Å². The van der Waals surface area contributed by atoms with Gasteiger partial charge >= 0.3 is 47.7 Å². The zero-order valence-corrected chi connectivity index (χ0v) is 31.2. The minimum absolute atomic E-state index is 0. The summed E-state index contributed by atoms with van der Waals surface area (Å²) in [5.74, 6) is -2.40. The first kappa shape index (κ1) is 40.1. The molecule has 0 bridgehead atoms. The summed E-state index contributed by atoms with van der Waals surface area (Å²) in [6.45, 7) is 11.8. The number of rotatable bonds is 12. The van der Waals surface area contributed by atoms with Gasteiger partial charge in [-0.1, -0.05) is 58.7 Å². The third-order valence-electron chi connectivity index (χ3n) is 8.54. The molecule has 0 unspecified atom stereocenters. The number of hydrogen-bond donors (Lipinski definition) is 4. The van der Waals surface area contributed by atoms with Gasteiger partial charge in [-0.25, -0.2) is 14.4 Å². The van der Waals surface area contributed by atoms with Crippen LogP contribution in [0.2, 0.25) is 0 Å². The summed E-state index contributed by atoms with van der Waals surface area (Å²) in [7, 11) is 1.27. The van der Waals surface area contributed by atoms with Crippen LogP contribution in [-0.2, 0) is 25.5 Å². The summed E-state index contributed by atoms with van der Waals surface area (Å²) in [6, 6.07) is 3.49. The van der Waals surface area contributed by atoms with Crippen molar-refractivity contribution in [2.75, 3.05) is 7.11 Å². The Balaban J connectivity index is 0.00000576. The van der Waals surface area contributed by atoms with Gasteiger partial charge in [0.05, 0.1) is 12.6 Å². The molecule has 1 fully saturated rings. The summed E-state index contributed by atoms with van der Waals surface area (Å²) in [5, 5.41) is 18.9. The third-order valence-corrected chi connectivity index (χ3v) is 8.54. The first-order chi connectivity index (χ1) is 21.7. The molecule has 1 aromatic heterocycles. The Kier molecular flexibility index (Phi) is 15.3.